The van der Waals surface area contributed by atoms with Crippen LogP contribution in [0.3, 0.4) is 0 Å². The van der Waals surface area contributed by atoms with E-state index >= 15 is 0 Å². The molecule has 0 radical (unpaired) electrons. The van der Waals surface area contributed by atoms with Crippen molar-refractivity contribution < 1.29 is 4.74 Å². The number of rotatable bonds is 8. The van der Waals surface area contributed by atoms with Crippen LogP contribution in [0.5, 0.6) is 0 Å². The van der Waals surface area contributed by atoms with Crippen molar-refractivity contribution in [1.82, 2.24) is 9.78 Å². The van der Waals surface area contributed by atoms with E-state index < -0.39 is 0 Å². The number of aromatic nitrogens is 2. The van der Waals surface area contributed by atoms with E-state index in [2.05, 4.69) is 10.4 Å². The van der Waals surface area contributed by atoms with Gasteiger partial charge in [-0.25, -0.2) is 4.68 Å². The van der Waals surface area contributed by atoms with Crippen molar-refractivity contribution in [3.63, 3.8) is 0 Å². The molecule has 21 heavy (non-hydrogen) atoms. The summed E-state index contributed by atoms with van der Waals surface area (Å²) >= 11 is 6.33. The van der Waals surface area contributed by atoms with Crippen LogP contribution in [-0.4, -0.2) is 36.1 Å². The van der Waals surface area contributed by atoms with E-state index in [1.807, 2.05) is 30.5 Å². The molecule has 0 bridgehead atoms. The van der Waals surface area contributed by atoms with E-state index in [1.165, 1.54) is 0 Å². The van der Waals surface area contributed by atoms with Gasteiger partial charge >= 0.3 is 0 Å². The summed E-state index contributed by atoms with van der Waals surface area (Å²) < 4.78 is 7.04. The number of hydrogen-bond acceptors (Lipinski definition) is 4. The predicted molar refractivity (Wildman–Crippen MR) is 86.1 cm³/mol. The highest BCUT2D eigenvalue weighted by Crippen LogP contribution is 2.28. The number of anilines is 1. The molecule has 0 aliphatic rings. The maximum atomic E-state index is 6.33. The van der Waals surface area contributed by atoms with Crippen molar-refractivity contribution in [1.29, 1.82) is 0 Å². The molecule has 0 saturated heterocycles. The van der Waals surface area contributed by atoms with Crippen molar-refractivity contribution in [2.75, 3.05) is 25.6 Å². The van der Waals surface area contributed by atoms with E-state index in [-0.39, 0.29) is 6.04 Å². The van der Waals surface area contributed by atoms with Gasteiger partial charge < -0.3 is 15.8 Å². The SMILES string of the molecule is COCC(CCCN)Nc1cccc(Cl)c1-n1cccn1. The Morgan fingerprint density at radius 1 is 1.43 bits per heavy atom. The van der Waals surface area contributed by atoms with Gasteiger partial charge in [-0.2, -0.15) is 5.10 Å². The summed E-state index contributed by atoms with van der Waals surface area (Å²) in [7, 11) is 1.70. The number of para-hydroxylation sites is 1. The molecule has 2 aromatic rings. The number of nitrogens with one attached hydrogen (secondary N) is 1. The molecule has 5 nitrogen and oxygen atoms in total. The maximum Gasteiger partial charge on any atom is 0.106 e. The molecule has 3 N–H and O–H groups in total. The van der Waals surface area contributed by atoms with Gasteiger partial charge in [-0.1, -0.05) is 17.7 Å². The quantitative estimate of drug-likeness (QED) is 0.787. The summed E-state index contributed by atoms with van der Waals surface area (Å²) in [4.78, 5) is 0. The molecule has 1 aromatic heterocycles. The van der Waals surface area contributed by atoms with Crippen LogP contribution in [0.25, 0.3) is 5.69 Å². The molecular formula is C15H21ClN4O. The van der Waals surface area contributed by atoms with Crippen LogP contribution < -0.4 is 11.1 Å². The number of hydrogen-bond donors (Lipinski definition) is 2. The molecule has 6 heteroatoms. The zero-order chi connectivity index (χ0) is 15.1. The van der Waals surface area contributed by atoms with Gasteiger partial charge in [0.2, 0.25) is 0 Å². The van der Waals surface area contributed by atoms with Gasteiger partial charge in [-0.15, -0.1) is 0 Å². The van der Waals surface area contributed by atoms with E-state index in [1.54, 1.807) is 18.0 Å². The third-order valence-corrected chi connectivity index (χ3v) is 3.51. The lowest BCUT2D eigenvalue weighted by atomic mass is 10.1. The van der Waals surface area contributed by atoms with Gasteiger partial charge in [0.1, 0.15) is 5.69 Å². The lowest BCUT2D eigenvalue weighted by molar-refractivity contribution is 0.182. The predicted octanol–water partition coefficient (Wildman–Crippen LogP) is 2.69. The number of nitrogens with two attached hydrogens (primary N) is 1. The zero-order valence-corrected chi connectivity index (χ0v) is 12.9. The Kier molecular flexibility index (Phi) is 6.04. The summed E-state index contributed by atoms with van der Waals surface area (Å²) in [6.45, 7) is 1.29. The molecule has 2 rings (SSSR count). The molecule has 0 aliphatic carbocycles. The molecule has 0 saturated carbocycles. The van der Waals surface area contributed by atoms with Crippen molar-refractivity contribution in [2.24, 2.45) is 5.73 Å². The minimum Gasteiger partial charge on any atom is -0.383 e. The van der Waals surface area contributed by atoms with E-state index in [4.69, 9.17) is 22.1 Å². The first kappa shape index (κ1) is 15.8. The molecule has 114 valence electrons. The Bertz CT molecular complexity index is 545. The van der Waals surface area contributed by atoms with E-state index in [9.17, 15) is 0 Å². The standard InChI is InChI=1S/C15H21ClN4O/c1-21-11-12(5-3-8-17)19-14-7-2-6-13(16)15(14)20-10-4-9-18-20/h2,4,6-7,9-10,12,19H,3,5,8,11,17H2,1H3. The smallest absolute Gasteiger partial charge is 0.106 e. The number of halogens is 1. The highest BCUT2D eigenvalue weighted by Gasteiger charge is 2.14. The Morgan fingerprint density at radius 3 is 2.95 bits per heavy atom. The summed E-state index contributed by atoms with van der Waals surface area (Å²) in [5.74, 6) is 0. The second-order valence-corrected chi connectivity index (χ2v) is 5.22. The third kappa shape index (κ3) is 4.20. The zero-order valence-electron chi connectivity index (χ0n) is 12.1. The van der Waals surface area contributed by atoms with E-state index in [0.717, 1.165) is 24.2 Å². The summed E-state index contributed by atoms with van der Waals surface area (Å²) in [6, 6.07) is 7.83. The summed E-state index contributed by atoms with van der Waals surface area (Å²) in [5, 5.41) is 8.40. The molecule has 1 heterocycles. The van der Waals surface area contributed by atoms with Crippen LogP contribution in [0.15, 0.2) is 36.7 Å². The second-order valence-electron chi connectivity index (χ2n) is 4.81. The Balaban J connectivity index is 2.24. The monoisotopic (exact) mass is 308 g/mol. The summed E-state index contributed by atoms with van der Waals surface area (Å²) in [5.41, 5.74) is 7.37. The minimum atomic E-state index is 0.186. The van der Waals surface area contributed by atoms with Crippen LogP contribution in [0, 0.1) is 0 Å². The van der Waals surface area contributed by atoms with Crippen LogP contribution in [0.4, 0.5) is 5.69 Å². The topological polar surface area (TPSA) is 65.1 Å². The number of benzene rings is 1. The fourth-order valence-electron chi connectivity index (χ4n) is 2.25. The first-order valence-corrected chi connectivity index (χ1v) is 7.38. The molecule has 0 aliphatic heterocycles. The fraction of sp³-hybridized carbons (Fsp3) is 0.400. The van der Waals surface area contributed by atoms with Crippen molar-refractivity contribution in [3.8, 4) is 5.69 Å². The first-order valence-electron chi connectivity index (χ1n) is 7.00. The van der Waals surface area contributed by atoms with E-state index in [0.29, 0.717) is 18.2 Å². The Hall–Kier alpha value is -1.56. The molecule has 1 aromatic carbocycles. The normalized spacial score (nSPS) is 12.3. The third-order valence-electron chi connectivity index (χ3n) is 3.20. The lowest BCUT2D eigenvalue weighted by Gasteiger charge is -2.21. The second kappa shape index (κ2) is 8.02. The molecule has 0 amide bonds. The molecule has 1 atom stereocenters. The lowest BCUT2D eigenvalue weighted by Crippen LogP contribution is -2.26. The largest absolute Gasteiger partial charge is 0.383 e. The molecule has 0 spiro atoms. The van der Waals surface area contributed by atoms with Crippen molar-refractivity contribution in [2.45, 2.75) is 18.9 Å². The molecule has 1 unspecified atom stereocenters. The van der Waals surface area contributed by atoms with Gasteiger partial charge in [0.25, 0.3) is 0 Å². The Morgan fingerprint density at radius 2 is 2.29 bits per heavy atom. The molecular weight excluding hydrogens is 288 g/mol. The maximum absolute atomic E-state index is 6.33. The van der Waals surface area contributed by atoms with Crippen LogP contribution in [-0.2, 0) is 4.74 Å². The van der Waals surface area contributed by atoms with Gasteiger partial charge in [0.05, 0.1) is 17.3 Å². The number of ether oxygens (including phenoxy) is 1. The first-order chi connectivity index (χ1) is 10.3. The Labute approximate surface area is 130 Å². The number of nitrogens with zero attached hydrogens (tertiary/aromatic N) is 2. The molecule has 0 fully saturated rings. The van der Waals surface area contributed by atoms with Gasteiger partial charge in [0, 0.05) is 25.5 Å². The number of methoxy groups -OCH3 is 1. The average Bonchev–Trinajstić information content (AvgIpc) is 2.99. The van der Waals surface area contributed by atoms with Crippen molar-refractivity contribution in [3.05, 3.63) is 41.7 Å². The average molecular weight is 309 g/mol. The fourth-order valence-corrected chi connectivity index (χ4v) is 2.51. The van der Waals surface area contributed by atoms with Crippen molar-refractivity contribution >= 4 is 17.3 Å². The van der Waals surface area contributed by atoms with Crippen LogP contribution >= 0.6 is 11.6 Å². The highest BCUT2D eigenvalue weighted by molar-refractivity contribution is 6.33. The van der Waals surface area contributed by atoms with Gasteiger partial charge in [0.15, 0.2) is 0 Å². The minimum absolute atomic E-state index is 0.186. The highest BCUT2D eigenvalue weighted by atomic mass is 35.5. The van der Waals surface area contributed by atoms with Crippen LogP contribution in [0.2, 0.25) is 5.02 Å². The summed E-state index contributed by atoms with van der Waals surface area (Å²) in [6.07, 6.45) is 5.49. The van der Waals surface area contributed by atoms with Crippen LogP contribution in [0.1, 0.15) is 12.8 Å². The van der Waals surface area contributed by atoms with Gasteiger partial charge in [-0.3, -0.25) is 0 Å². The van der Waals surface area contributed by atoms with Gasteiger partial charge in [-0.05, 0) is 37.6 Å².